The Labute approximate surface area is 89.7 Å². The molecule has 0 aliphatic rings. The lowest BCUT2D eigenvalue weighted by molar-refractivity contribution is -0.737. The first kappa shape index (κ1) is 9.77. The van der Waals surface area contributed by atoms with Crippen molar-refractivity contribution in [1.29, 1.82) is 0 Å². The van der Waals surface area contributed by atoms with Crippen LogP contribution in [0, 0.1) is 6.92 Å². The van der Waals surface area contributed by atoms with Crippen LogP contribution < -0.4 is 10.4 Å². The minimum absolute atomic E-state index is 0.816. The Balaban J connectivity index is 2.69. The average molecular weight is 202 g/mol. The highest BCUT2D eigenvalue weighted by Gasteiger charge is 2.18. The SMILES string of the molecule is Cc1c(-c2ccccc2)n(C)[n+](C)c1N. The largest absolute Gasteiger partial charge is 0.296 e. The molecule has 2 N–H and O–H groups in total. The van der Waals surface area contributed by atoms with E-state index in [9.17, 15) is 0 Å². The van der Waals surface area contributed by atoms with Crippen LogP contribution in [0.5, 0.6) is 0 Å². The summed E-state index contributed by atoms with van der Waals surface area (Å²) in [6.07, 6.45) is 0. The number of nitrogen functional groups attached to an aromatic ring is 1. The van der Waals surface area contributed by atoms with Crippen molar-refractivity contribution in [3.8, 4) is 11.3 Å². The molecule has 15 heavy (non-hydrogen) atoms. The molecule has 0 bridgehead atoms. The molecule has 3 nitrogen and oxygen atoms in total. The maximum atomic E-state index is 5.98. The van der Waals surface area contributed by atoms with Crippen molar-refractivity contribution in [2.45, 2.75) is 6.92 Å². The Bertz CT molecular complexity index is 458. The quantitative estimate of drug-likeness (QED) is 0.697. The Kier molecular flexibility index (Phi) is 2.23. The normalized spacial score (nSPS) is 10.6. The van der Waals surface area contributed by atoms with Gasteiger partial charge in [-0.25, -0.2) is 4.68 Å². The molecule has 1 aromatic carbocycles. The number of anilines is 1. The summed E-state index contributed by atoms with van der Waals surface area (Å²) in [4.78, 5) is 0. The molecule has 78 valence electrons. The van der Waals surface area contributed by atoms with Crippen LogP contribution in [0.15, 0.2) is 30.3 Å². The molecule has 3 heteroatoms. The fourth-order valence-electron chi connectivity index (χ4n) is 1.92. The van der Waals surface area contributed by atoms with Gasteiger partial charge in [0.15, 0.2) is 0 Å². The zero-order chi connectivity index (χ0) is 11.0. The summed E-state index contributed by atoms with van der Waals surface area (Å²) in [5.74, 6) is 0.816. The van der Waals surface area contributed by atoms with Crippen LogP contribution >= 0.6 is 0 Å². The summed E-state index contributed by atoms with van der Waals surface area (Å²) in [6, 6.07) is 10.3. The molecule has 0 amide bonds. The maximum absolute atomic E-state index is 5.98. The van der Waals surface area contributed by atoms with E-state index in [1.165, 1.54) is 11.3 Å². The van der Waals surface area contributed by atoms with E-state index in [2.05, 4.69) is 23.7 Å². The molecule has 0 saturated heterocycles. The van der Waals surface area contributed by atoms with Crippen LogP contribution in [-0.2, 0) is 14.1 Å². The van der Waals surface area contributed by atoms with Crippen molar-refractivity contribution in [3.05, 3.63) is 35.9 Å². The molecule has 0 fully saturated rings. The van der Waals surface area contributed by atoms with Crippen molar-refractivity contribution >= 4 is 5.82 Å². The monoisotopic (exact) mass is 202 g/mol. The van der Waals surface area contributed by atoms with Gasteiger partial charge in [0.05, 0.1) is 11.3 Å². The molecular formula is C12H16N3+. The summed E-state index contributed by atoms with van der Waals surface area (Å²) in [7, 11) is 3.99. The minimum Gasteiger partial charge on any atom is -0.285 e. The molecule has 0 radical (unpaired) electrons. The van der Waals surface area contributed by atoms with Crippen molar-refractivity contribution < 1.29 is 4.68 Å². The van der Waals surface area contributed by atoms with Gasteiger partial charge in [-0.15, -0.1) is 0 Å². The van der Waals surface area contributed by atoms with E-state index in [4.69, 9.17) is 5.73 Å². The second kappa shape index (κ2) is 3.42. The summed E-state index contributed by atoms with van der Waals surface area (Å²) < 4.78 is 4.03. The van der Waals surface area contributed by atoms with Crippen LogP contribution in [0.4, 0.5) is 5.82 Å². The number of rotatable bonds is 1. The minimum atomic E-state index is 0.816. The number of aromatic nitrogens is 2. The highest BCUT2D eigenvalue weighted by atomic mass is 15.4. The first-order valence-corrected chi connectivity index (χ1v) is 4.99. The highest BCUT2D eigenvalue weighted by Crippen LogP contribution is 2.24. The van der Waals surface area contributed by atoms with Gasteiger partial charge in [0, 0.05) is 12.6 Å². The molecule has 2 aromatic rings. The molecule has 0 atom stereocenters. The number of hydrogen-bond acceptors (Lipinski definition) is 1. The lowest BCUT2D eigenvalue weighted by Crippen LogP contribution is -2.39. The Morgan fingerprint density at radius 2 is 1.80 bits per heavy atom. The third-order valence-corrected chi connectivity index (χ3v) is 2.91. The van der Waals surface area contributed by atoms with Gasteiger partial charge in [0.1, 0.15) is 7.05 Å². The summed E-state index contributed by atoms with van der Waals surface area (Å²) in [5, 5.41) is 0. The molecule has 0 unspecified atom stereocenters. The summed E-state index contributed by atoms with van der Waals surface area (Å²) in [6.45, 7) is 2.05. The predicted octanol–water partition coefficient (Wildman–Crippen LogP) is 1.41. The number of nitrogens with zero attached hydrogens (tertiary/aromatic N) is 2. The van der Waals surface area contributed by atoms with Crippen molar-refractivity contribution in [2.24, 2.45) is 14.1 Å². The topological polar surface area (TPSA) is 34.8 Å². The molecule has 0 aliphatic carbocycles. The molecule has 0 aliphatic heterocycles. The van der Waals surface area contributed by atoms with Crippen LogP contribution in [0.25, 0.3) is 11.3 Å². The maximum Gasteiger partial charge on any atom is 0.296 e. The van der Waals surface area contributed by atoms with Gasteiger partial charge in [-0.2, -0.15) is 4.68 Å². The number of hydrogen-bond donors (Lipinski definition) is 1. The van der Waals surface area contributed by atoms with Gasteiger partial charge in [-0.3, -0.25) is 5.73 Å². The van der Waals surface area contributed by atoms with E-state index in [1.54, 1.807) is 0 Å². The van der Waals surface area contributed by atoms with Gasteiger partial charge >= 0.3 is 0 Å². The predicted molar refractivity (Wildman–Crippen MR) is 61.2 cm³/mol. The van der Waals surface area contributed by atoms with E-state index in [0.29, 0.717) is 0 Å². The van der Waals surface area contributed by atoms with Gasteiger partial charge in [0.25, 0.3) is 5.82 Å². The zero-order valence-corrected chi connectivity index (χ0v) is 9.36. The van der Waals surface area contributed by atoms with Crippen LogP contribution in [0.1, 0.15) is 5.56 Å². The molecule has 2 rings (SSSR count). The van der Waals surface area contributed by atoms with Gasteiger partial charge < -0.3 is 0 Å². The van der Waals surface area contributed by atoms with Crippen LogP contribution in [0.3, 0.4) is 0 Å². The highest BCUT2D eigenvalue weighted by molar-refractivity contribution is 5.66. The second-order valence-electron chi connectivity index (χ2n) is 3.77. The smallest absolute Gasteiger partial charge is 0.285 e. The standard InChI is InChI=1S/C12H15N3/c1-9-11(10-7-5-4-6-8-10)14(2)15(3)12(9)13/h4-8,13H,1-3H3/p+1. The first-order chi connectivity index (χ1) is 7.13. The average Bonchev–Trinajstić information content (AvgIpc) is 2.45. The zero-order valence-electron chi connectivity index (χ0n) is 9.36. The van der Waals surface area contributed by atoms with E-state index >= 15 is 0 Å². The van der Waals surface area contributed by atoms with E-state index in [-0.39, 0.29) is 0 Å². The molecule has 0 spiro atoms. The Hall–Kier alpha value is -1.77. The molecule has 1 heterocycles. The third-order valence-electron chi connectivity index (χ3n) is 2.91. The van der Waals surface area contributed by atoms with E-state index < -0.39 is 0 Å². The van der Waals surface area contributed by atoms with Crippen molar-refractivity contribution in [1.82, 2.24) is 4.68 Å². The Morgan fingerprint density at radius 1 is 1.20 bits per heavy atom. The number of benzene rings is 1. The second-order valence-corrected chi connectivity index (χ2v) is 3.77. The first-order valence-electron chi connectivity index (χ1n) is 4.99. The summed E-state index contributed by atoms with van der Waals surface area (Å²) >= 11 is 0. The molecule has 1 aromatic heterocycles. The fraction of sp³-hybridized carbons (Fsp3) is 0.250. The third kappa shape index (κ3) is 1.40. The van der Waals surface area contributed by atoms with Crippen LogP contribution in [0.2, 0.25) is 0 Å². The lowest BCUT2D eigenvalue weighted by atomic mass is 10.1. The lowest BCUT2D eigenvalue weighted by Gasteiger charge is -2.02. The van der Waals surface area contributed by atoms with Crippen LogP contribution in [-0.4, -0.2) is 4.68 Å². The van der Waals surface area contributed by atoms with Crippen molar-refractivity contribution in [3.63, 3.8) is 0 Å². The van der Waals surface area contributed by atoms with Crippen molar-refractivity contribution in [2.75, 3.05) is 5.73 Å². The number of nitrogens with two attached hydrogens (primary N) is 1. The van der Waals surface area contributed by atoms with E-state index in [0.717, 1.165) is 11.4 Å². The van der Waals surface area contributed by atoms with Gasteiger partial charge in [0.2, 0.25) is 0 Å². The summed E-state index contributed by atoms with van der Waals surface area (Å²) in [5.41, 5.74) is 9.49. The fourth-order valence-corrected chi connectivity index (χ4v) is 1.92. The van der Waals surface area contributed by atoms with E-state index in [1.807, 2.05) is 37.0 Å². The molecular weight excluding hydrogens is 186 g/mol. The van der Waals surface area contributed by atoms with Gasteiger partial charge in [-0.05, 0) is 6.92 Å². The Morgan fingerprint density at radius 3 is 2.27 bits per heavy atom. The van der Waals surface area contributed by atoms with Gasteiger partial charge in [-0.1, -0.05) is 30.3 Å². The molecule has 0 saturated carbocycles.